The van der Waals surface area contributed by atoms with Crippen LogP contribution in [0.15, 0.2) is 24.3 Å². The van der Waals surface area contributed by atoms with Crippen molar-refractivity contribution in [1.82, 2.24) is 0 Å². The van der Waals surface area contributed by atoms with Gasteiger partial charge in [-0.3, -0.25) is 4.18 Å². The zero-order chi connectivity index (χ0) is 11.3. The molecule has 1 unspecified atom stereocenters. The lowest BCUT2D eigenvalue weighted by Crippen LogP contribution is -2.07. The van der Waals surface area contributed by atoms with Gasteiger partial charge in [-0.25, -0.2) is 9.00 Å². The summed E-state index contributed by atoms with van der Waals surface area (Å²) in [4.78, 5) is 10.5. The van der Waals surface area contributed by atoms with E-state index in [-0.39, 0.29) is 12.3 Å². The Hall–Kier alpha value is -1.44. The van der Waals surface area contributed by atoms with Gasteiger partial charge in [0, 0.05) is 5.69 Å². The molecule has 82 valence electrons. The molecule has 6 nitrogen and oxygen atoms in total. The lowest BCUT2D eigenvalue weighted by molar-refractivity contribution is 0.0697. The molecule has 0 fully saturated rings. The highest BCUT2D eigenvalue weighted by molar-refractivity contribution is 7.74. The molecular formula is C8H8NO5S-. The number of nitrogens with one attached hydrogen (secondary N) is 1. The second-order valence-corrected chi connectivity index (χ2v) is 3.17. The predicted octanol–water partition coefficient (Wildman–Crippen LogP) is 0.565. The Morgan fingerprint density at radius 2 is 2.07 bits per heavy atom. The molecule has 1 aromatic carbocycles. The van der Waals surface area contributed by atoms with Crippen LogP contribution in [0.5, 0.6) is 0 Å². The SMILES string of the molecule is O=C(O)c1ccc(NCOS(=O)[O-])cc1. The van der Waals surface area contributed by atoms with Crippen molar-refractivity contribution in [1.29, 1.82) is 0 Å². The van der Waals surface area contributed by atoms with Crippen LogP contribution in [0.2, 0.25) is 0 Å². The molecule has 0 bridgehead atoms. The molecule has 15 heavy (non-hydrogen) atoms. The van der Waals surface area contributed by atoms with Gasteiger partial charge in [0.25, 0.3) is 0 Å². The average Bonchev–Trinajstić information content (AvgIpc) is 2.18. The first-order valence-electron chi connectivity index (χ1n) is 3.89. The summed E-state index contributed by atoms with van der Waals surface area (Å²) in [6.07, 6.45) is 0. The summed E-state index contributed by atoms with van der Waals surface area (Å²) in [5.74, 6) is -1.02. The van der Waals surface area contributed by atoms with E-state index in [9.17, 15) is 13.6 Å². The fourth-order valence-corrected chi connectivity index (χ4v) is 1.05. The van der Waals surface area contributed by atoms with E-state index < -0.39 is 17.3 Å². The molecule has 1 aromatic rings. The van der Waals surface area contributed by atoms with Gasteiger partial charge in [-0.15, -0.1) is 0 Å². The Balaban J connectivity index is 2.50. The molecule has 0 heterocycles. The highest BCUT2D eigenvalue weighted by Gasteiger charge is 2.00. The first kappa shape index (κ1) is 11.6. The third-order valence-electron chi connectivity index (χ3n) is 1.56. The topological polar surface area (TPSA) is 98.7 Å². The third kappa shape index (κ3) is 4.07. The maximum atomic E-state index is 10.5. The minimum Gasteiger partial charge on any atom is -0.750 e. The number of hydrogen-bond acceptors (Lipinski definition) is 5. The van der Waals surface area contributed by atoms with Gasteiger partial charge >= 0.3 is 5.97 Å². The zero-order valence-electron chi connectivity index (χ0n) is 7.50. The molecule has 0 saturated carbocycles. The largest absolute Gasteiger partial charge is 0.750 e. The van der Waals surface area contributed by atoms with E-state index in [1.165, 1.54) is 24.3 Å². The number of carboxylic acids is 1. The van der Waals surface area contributed by atoms with Crippen molar-refractivity contribution >= 4 is 23.0 Å². The highest BCUT2D eigenvalue weighted by atomic mass is 32.2. The molecule has 0 aliphatic rings. The van der Waals surface area contributed by atoms with Crippen LogP contribution < -0.4 is 5.32 Å². The Morgan fingerprint density at radius 1 is 1.47 bits per heavy atom. The normalized spacial score (nSPS) is 12.1. The molecule has 0 radical (unpaired) electrons. The van der Waals surface area contributed by atoms with Gasteiger partial charge in [-0.1, -0.05) is 0 Å². The van der Waals surface area contributed by atoms with E-state index in [1.807, 2.05) is 0 Å². The van der Waals surface area contributed by atoms with E-state index in [1.54, 1.807) is 0 Å². The van der Waals surface area contributed by atoms with Gasteiger partial charge in [0.2, 0.25) is 0 Å². The van der Waals surface area contributed by atoms with Crippen LogP contribution in [0.25, 0.3) is 0 Å². The average molecular weight is 230 g/mol. The predicted molar refractivity (Wildman–Crippen MR) is 51.9 cm³/mol. The lowest BCUT2D eigenvalue weighted by Gasteiger charge is -2.08. The number of benzene rings is 1. The molecule has 1 rings (SSSR count). The molecular weight excluding hydrogens is 222 g/mol. The summed E-state index contributed by atoms with van der Waals surface area (Å²) in [6, 6.07) is 5.83. The fraction of sp³-hybridized carbons (Fsp3) is 0.125. The van der Waals surface area contributed by atoms with Crippen molar-refractivity contribution < 1.29 is 22.8 Å². The number of aromatic carboxylic acids is 1. The molecule has 7 heteroatoms. The minimum atomic E-state index is -2.56. The number of rotatable bonds is 5. The minimum absolute atomic E-state index is 0.161. The summed E-state index contributed by atoms with van der Waals surface area (Å²) in [7, 11) is 0. The van der Waals surface area contributed by atoms with Crippen molar-refractivity contribution in [3.63, 3.8) is 0 Å². The van der Waals surface area contributed by atoms with Crippen LogP contribution in [0.4, 0.5) is 5.69 Å². The Kier molecular flexibility index (Phi) is 4.22. The molecule has 0 aromatic heterocycles. The third-order valence-corrected chi connectivity index (χ3v) is 1.87. The van der Waals surface area contributed by atoms with Crippen LogP contribution in [-0.4, -0.2) is 26.6 Å². The second kappa shape index (κ2) is 5.44. The van der Waals surface area contributed by atoms with Crippen LogP contribution >= 0.6 is 0 Å². The van der Waals surface area contributed by atoms with Crippen molar-refractivity contribution in [2.45, 2.75) is 0 Å². The number of hydrogen-bond donors (Lipinski definition) is 2. The quantitative estimate of drug-likeness (QED) is 0.566. The molecule has 0 aliphatic heterocycles. The number of anilines is 1. The van der Waals surface area contributed by atoms with Gasteiger partial charge in [-0.2, -0.15) is 0 Å². The van der Waals surface area contributed by atoms with Gasteiger partial charge in [0.05, 0.1) is 16.9 Å². The zero-order valence-corrected chi connectivity index (χ0v) is 8.32. The van der Waals surface area contributed by atoms with E-state index >= 15 is 0 Å². The highest BCUT2D eigenvalue weighted by Crippen LogP contribution is 2.09. The summed E-state index contributed by atoms with van der Waals surface area (Å²) in [5, 5.41) is 11.2. The molecule has 2 N–H and O–H groups in total. The molecule has 0 saturated heterocycles. The summed E-state index contributed by atoms with van der Waals surface area (Å²) < 4.78 is 24.2. The Morgan fingerprint density at radius 3 is 2.53 bits per heavy atom. The fourth-order valence-electron chi connectivity index (χ4n) is 0.892. The first-order valence-corrected chi connectivity index (χ1v) is 4.89. The monoisotopic (exact) mass is 230 g/mol. The Labute approximate surface area is 88.4 Å². The van der Waals surface area contributed by atoms with Gasteiger partial charge < -0.3 is 15.0 Å². The molecule has 0 spiro atoms. The lowest BCUT2D eigenvalue weighted by atomic mass is 10.2. The first-order chi connectivity index (χ1) is 7.09. The van der Waals surface area contributed by atoms with Gasteiger partial charge in [0.1, 0.15) is 6.73 Å². The smallest absolute Gasteiger partial charge is 0.335 e. The van der Waals surface area contributed by atoms with Crippen molar-refractivity contribution in [3.05, 3.63) is 29.8 Å². The van der Waals surface area contributed by atoms with Crippen LogP contribution in [0.1, 0.15) is 10.4 Å². The summed E-state index contributed by atoms with van der Waals surface area (Å²) in [6.45, 7) is -0.192. The van der Waals surface area contributed by atoms with Crippen molar-refractivity contribution in [2.75, 3.05) is 12.0 Å². The Bertz CT molecular complexity index is 364. The van der Waals surface area contributed by atoms with E-state index in [0.29, 0.717) is 5.69 Å². The standard InChI is InChI=1S/C8H9NO5S/c10-8(11)6-1-3-7(4-2-6)9-5-14-15(12)13/h1-4,9H,5H2,(H,10,11)(H,12,13)/p-1. The molecule has 1 atom stereocenters. The van der Waals surface area contributed by atoms with E-state index in [0.717, 1.165) is 0 Å². The number of carboxylic acid groups (broad SMARTS) is 1. The van der Waals surface area contributed by atoms with Crippen LogP contribution in [0, 0.1) is 0 Å². The molecule has 0 aliphatic carbocycles. The number of carbonyl (C=O) groups is 1. The maximum absolute atomic E-state index is 10.5. The summed E-state index contributed by atoms with van der Waals surface area (Å²) in [5.41, 5.74) is 0.735. The van der Waals surface area contributed by atoms with E-state index in [4.69, 9.17) is 5.11 Å². The summed E-state index contributed by atoms with van der Waals surface area (Å²) >= 11 is -2.56. The van der Waals surface area contributed by atoms with E-state index in [2.05, 4.69) is 9.50 Å². The van der Waals surface area contributed by atoms with Crippen LogP contribution in [-0.2, 0) is 15.5 Å². The van der Waals surface area contributed by atoms with Gasteiger partial charge in [0.15, 0.2) is 0 Å². The van der Waals surface area contributed by atoms with Gasteiger partial charge in [-0.05, 0) is 24.3 Å². The maximum Gasteiger partial charge on any atom is 0.335 e. The van der Waals surface area contributed by atoms with Crippen LogP contribution in [0.3, 0.4) is 0 Å². The molecule has 0 amide bonds. The van der Waals surface area contributed by atoms with Crippen molar-refractivity contribution in [3.8, 4) is 0 Å². The van der Waals surface area contributed by atoms with Crippen molar-refractivity contribution in [2.24, 2.45) is 0 Å². The second-order valence-electron chi connectivity index (χ2n) is 2.53.